The van der Waals surface area contributed by atoms with Gasteiger partial charge in [0.2, 0.25) is 0 Å². The fraction of sp³-hybridized carbons (Fsp3) is 0.0741. The molecule has 4 aromatic rings. The van der Waals surface area contributed by atoms with Crippen LogP contribution in [0.25, 0.3) is 0 Å². The number of thiophene rings is 1. The van der Waals surface area contributed by atoms with Crippen molar-refractivity contribution < 1.29 is 19.1 Å². The van der Waals surface area contributed by atoms with E-state index in [1.165, 1.54) is 16.2 Å². The molecule has 0 spiro atoms. The maximum absolute atomic E-state index is 13.1. The van der Waals surface area contributed by atoms with Crippen molar-refractivity contribution in [2.45, 2.75) is 0 Å². The highest BCUT2D eigenvalue weighted by atomic mass is 32.1. The molecule has 0 aliphatic rings. The van der Waals surface area contributed by atoms with Crippen LogP contribution >= 0.6 is 11.3 Å². The number of carbonyl (C=O) groups excluding carboxylic acids is 3. The second-order valence-electron chi connectivity index (χ2n) is 7.54. The Morgan fingerprint density at radius 2 is 1.57 bits per heavy atom. The van der Waals surface area contributed by atoms with Gasteiger partial charge in [-0.05, 0) is 47.8 Å². The lowest BCUT2D eigenvalue weighted by Gasteiger charge is -2.20. The molecule has 176 valence electrons. The van der Waals surface area contributed by atoms with Gasteiger partial charge in [-0.2, -0.15) is 0 Å². The van der Waals surface area contributed by atoms with E-state index < -0.39 is 0 Å². The molecule has 0 saturated carbocycles. The van der Waals surface area contributed by atoms with Crippen LogP contribution in [0.2, 0.25) is 0 Å². The first-order chi connectivity index (χ1) is 17.0. The zero-order valence-corrected chi connectivity index (χ0v) is 19.7. The summed E-state index contributed by atoms with van der Waals surface area (Å²) in [6, 6.07) is 26.4. The van der Waals surface area contributed by atoms with Gasteiger partial charge in [-0.1, -0.05) is 42.5 Å². The quantitative estimate of drug-likeness (QED) is 0.355. The van der Waals surface area contributed by atoms with Gasteiger partial charge >= 0.3 is 0 Å². The van der Waals surface area contributed by atoms with Crippen molar-refractivity contribution in [3.05, 3.63) is 107 Å². The van der Waals surface area contributed by atoms with Gasteiger partial charge in [0, 0.05) is 24.5 Å². The third-order valence-electron chi connectivity index (χ3n) is 5.07. The molecule has 1 heterocycles. The van der Waals surface area contributed by atoms with Crippen molar-refractivity contribution in [3.63, 3.8) is 0 Å². The lowest BCUT2D eigenvalue weighted by Crippen LogP contribution is -2.28. The number of hydrogen-bond acceptors (Lipinski definition) is 5. The molecule has 0 unspecified atom stereocenters. The van der Waals surface area contributed by atoms with E-state index in [1.54, 1.807) is 73.8 Å². The number of para-hydroxylation sites is 2. The first kappa shape index (κ1) is 23.7. The van der Waals surface area contributed by atoms with E-state index in [2.05, 4.69) is 10.6 Å². The van der Waals surface area contributed by atoms with Gasteiger partial charge in [-0.15, -0.1) is 11.3 Å². The number of hydrogen-bond donors (Lipinski definition) is 2. The highest BCUT2D eigenvalue weighted by molar-refractivity contribution is 7.12. The largest absolute Gasteiger partial charge is 0.484 e. The molecule has 0 saturated heterocycles. The smallest absolute Gasteiger partial charge is 0.268 e. The van der Waals surface area contributed by atoms with Gasteiger partial charge in [-0.3, -0.25) is 14.4 Å². The summed E-state index contributed by atoms with van der Waals surface area (Å²) in [6.45, 7) is -0.176. The molecule has 0 fully saturated rings. The summed E-state index contributed by atoms with van der Waals surface area (Å²) in [7, 11) is 1.64. The van der Waals surface area contributed by atoms with Gasteiger partial charge in [0.1, 0.15) is 5.75 Å². The fourth-order valence-electron chi connectivity index (χ4n) is 3.36. The van der Waals surface area contributed by atoms with Crippen LogP contribution in [0.3, 0.4) is 0 Å². The Morgan fingerprint density at radius 1 is 0.829 bits per heavy atom. The van der Waals surface area contributed by atoms with Crippen LogP contribution in [0.1, 0.15) is 20.0 Å². The van der Waals surface area contributed by atoms with Crippen LogP contribution in [0.5, 0.6) is 5.75 Å². The lowest BCUT2D eigenvalue weighted by atomic mass is 10.1. The Hall–Kier alpha value is -4.43. The van der Waals surface area contributed by atoms with Crippen molar-refractivity contribution in [1.29, 1.82) is 0 Å². The molecule has 0 bridgehead atoms. The van der Waals surface area contributed by atoms with Gasteiger partial charge in [0.15, 0.2) is 6.61 Å². The van der Waals surface area contributed by atoms with Crippen molar-refractivity contribution in [2.75, 3.05) is 29.2 Å². The number of rotatable bonds is 8. The number of benzene rings is 3. The standard InChI is InChI=1S/C27H23N3O4S/c1-30(27(33)24-15-8-16-35-24)23-14-6-5-13-22(23)26(32)29-20-11-7-12-21(17-20)34-18-25(31)28-19-9-3-2-4-10-19/h2-17H,18H2,1H3,(H,28,31)(H,29,32). The van der Waals surface area contributed by atoms with E-state index in [9.17, 15) is 14.4 Å². The molecule has 0 aliphatic carbocycles. The molecule has 0 radical (unpaired) electrons. The van der Waals surface area contributed by atoms with Crippen LogP contribution < -0.4 is 20.3 Å². The minimum absolute atomic E-state index is 0.176. The highest BCUT2D eigenvalue weighted by Crippen LogP contribution is 2.25. The Labute approximate surface area is 207 Å². The van der Waals surface area contributed by atoms with Crippen molar-refractivity contribution >= 4 is 46.1 Å². The summed E-state index contributed by atoms with van der Waals surface area (Å²) in [4.78, 5) is 40.0. The van der Waals surface area contributed by atoms with E-state index >= 15 is 0 Å². The number of carbonyl (C=O) groups is 3. The summed E-state index contributed by atoms with van der Waals surface area (Å²) in [5.41, 5.74) is 2.03. The SMILES string of the molecule is CN(C(=O)c1cccs1)c1ccccc1C(=O)Nc1cccc(OCC(=O)Nc2ccccc2)c1. The topological polar surface area (TPSA) is 87.7 Å². The Balaban J connectivity index is 1.41. The second kappa shape index (κ2) is 11.1. The average molecular weight is 486 g/mol. The Kier molecular flexibility index (Phi) is 7.54. The van der Waals surface area contributed by atoms with Crippen LogP contribution in [0.15, 0.2) is 96.4 Å². The number of nitrogens with zero attached hydrogens (tertiary/aromatic N) is 1. The Morgan fingerprint density at radius 3 is 2.34 bits per heavy atom. The fourth-order valence-corrected chi connectivity index (χ4v) is 4.06. The molecular formula is C27H23N3O4S. The monoisotopic (exact) mass is 485 g/mol. The van der Waals surface area contributed by atoms with Gasteiger partial charge in [-0.25, -0.2) is 0 Å². The highest BCUT2D eigenvalue weighted by Gasteiger charge is 2.20. The van der Waals surface area contributed by atoms with Gasteiger partial charge < -0.3 is 20.3 Å². The van der Waals surface area contributed by atoms with Crippen LogP contribution in [-0.4, -0.2) is 31.4 Å². The third-order valence-corrected chi connectivity index (χ3v) is 5.92. The van der Waals surface area contributed by atoms with Gasteiger partial charge in [0.25, 0.3) is 17.7 Å². The molecule has 4 rings (SSSR count). The predicted octanol–water partition coefficient (Wildman–Crippen LogP) is 5.29. The zero-order chi connectivity index (χ0) is 24.6. The van der Waals surface area contributed by atoms with E-state index in [4.69, 9.17) is 4.74 Å². The minimum atomic E-state index is -0.370. The van der Waals surface area contributed by atoms with Crippen molar-refractivity contribution in [2.24, 2.45) is 0 Å². The molecule has 35 heavy (non-hydrogen) atoms. The molecule has 2 N–H and O–H groups in total. The molecule has 8 heteroatoms. The van der Waals surface area contributed by atoms with E-state index in [0.717, 1.165) is 0 Å². The van der Waals surface area contributed by atoms with Crippen molar-refractivity contribution in [3.8, 4) is 5.75 Å². The second-order valence-corrected chi connectivity index (χ2v) is 8.49. The van der Waals surface area contributed by atoms with Crippen LogP contribution in [0.4, 0.5) is 17.1 Å². The number of amides is 3. The number of ether oxygens (including phenoxy) is 1. The van der Waals surface area contributed by atoms with E-state index in [0.29, 0.717) is 33.3 Å². The van der Waals surface area contributed by atoms with E-state index in [-0.39, 0.29) is 24.3 Å². The average Bonchev–Trinajstić information content (AvgIpc) is 3.42. The van der Waals surface area contributed by atoms with E-state index in [1.807, 2.05) is 29.6 Å². The minimum Gasteiger partial charge on any atom is -0.484 e. The third kappa shape index (κ3) is 6.13. The van der Waals surface area contributed by atoms with Crippen molar-refractivity contribution in [1.82, 2.24) is 0 Å². The maximum Gasteiger partial charge on any atom is 0.268 e. The summed E-state index contributed by atoms with van der Waals surface area (Å²) in [5.74, 6) is -0.419. The molecule has 1 aromatic heterocycles. The summed E-state index contributed by atoms with van der Waals surface area (Å²) < 4.78 is 5.59. The lowest BCUT2D eigenvalue weighted by molar-refractivity contribution is -0.118. The van der Waals surface area contributed by atoms with Gasteiger partial charge in [0.05, 0.1) is 16.1 Å². The maximum atomic E-state index is 13.1. The Bertz CT molecular complexity index is 1320. The molecule has 3 aromatic carbocycles. The number of anilines is 3. The normalized spacial score (nSPS) is 10.3. The first-order valence-electron chi connectivity index (χ1n) is 10.8. The van der Waals surface area contributed by atoms with Crippen LogP contribution in [0, 0.1) is 0 Å². The zero-order valence-electron chi connectivity index (χ0n) is 18.9. The predicted molar refractivity (Wildman–Crippen MR) is 138 cm³/mol. The number of nitrogens with one attached hydrogen (secondary N) is 2. The molecule has 7 nitrogen and oxygen atoms in total. The first-order valence-corrected chi connectivity index (χ1v) is 11.7. The molecule has 0 aliphatic heterocycles. The summed E-state index contributed by atoms with van der Waals surface area (Å²) in [5, 5.41) is 7.42. The molecule has 0 atom stereocenters. The van der Waals surface area contributed by atoms with Crippen LogP contribution in [-0.2, 0) is 4.79 Å². The summed E-state index contributed by atoms with van der Waals surface area (Å²) >= 11 is 1.35. The summed E-state index contributed by atoms with van der Waals surface area (Å²) in [6.07, 6.45) is 0. The molecular weight excluding hydrogens is 462 g/mol. The molecule has 3 amide bonds.